The molecule has 0 aliphatic carbocycles. The van der Waals surface area contributed by atoms with E-state index in [0.29, 0.717) is 0 Å². The first-order valence-corrected chi connectivity index (χ1v) is 5.45. The molecule has 0 saturated carbocycles. The minimum atomic E-state index is 0.0593. The SMILES string of the molecule is CCNCc1ccnc(NC(C)(C)C)c1. The second-order valence-electron chi connectivity index (χ2n) is 4.70. The zero-order valence-electron chi connectivity index (χ0n) is 10.1. The molecule has 0 aromatic carbocycles. The van der Waals surface area contributed by atoms with Crippen molar-refractivity contribution in [2.24, 2.45) is 0 Å². The zero-order chi connectivity index (χ0) is 11.3. The van der Waals surface area contributed by atoms with Crippen LogP contribution in [0.1, 0.15) is 33.3 Å². The Labute approximate surface area is 92.3 Å². The second-order valence-corrected chi connectivity index (χ2v) is 4.70. The van der Waals surface area contributed by atoms with Crippen LogP contribution in [0.15, 0.2) is 18.3 Å². The zero-order valence-corrected chi connectivity index (χ0v) is 10.1. The fourth-order valence-corrected chi connectivity index (χ4v) is 1.31. The third-order valence-electron chi connectivity index (χ3n) is 1.91. The fraction of sp³-hybridized carbons (Fsp3) is 0.583. The topological polar surface area (TPSA) is 37.0 Å². The summed E-state index contributed by atoms with van der Waals surface area (Å²) in [6, 6.07) is 4.13. The number of hydrogen-bond acceptors (Lipinski definition) is 3. The Morgan fingerprint density at radius 3 is 2.67 bits per heavy atom. The van der Waals surface area contributed by atoms with Gasteiger partial charge in [-0.05, 0) is 45.0 Å². The molecule has 0 aliphatic heterocycles. The highest BCUT2D eigenvalue weighted by atomic mass is 15.0. The molecule has 2 N–H and O–H groups in total. The molecule has 0 atom stereocenters. The summed E-state index contributed by atoms with van der Waals surface area (Å²) < 4.78 is 0. The first kappa shape index (κ1) is 12.0. The van der Waals surface area contributed by atoms with Crippen LogP contribution in [0.4, 0.5) is 5.82 Å². The molecule has 0 saturated heterocycles. The van der Waals surface area contributed by atoms with Crippen molar-refractivity contribution in [1.29, 1.82) is 0 Å². The molecule has 0 fully saturated rings. The van der Waals surface area contributed by atoms with Crippen molar-refractivity contribution in [1.82, 2.24) is 10.3 Å². The number of hydrogen-bond donors (Lipinski definition) is 2. The van der Waals surface area contributed by atoms with Crippen molar-refractivity contribution in [3.63, 3.8) is 0 Å². The van der Waals surface area contributed by atoms with E-state index in [4.69, 9.17) is 0 Å². The van der Waals surface area contributed by atoms with Gasteiger partial charge in [-0.25, -0.2) is 4.98 Å². The molecular weight excluding hydrogens is 186 g/mol. The quantitative estimate of drug-likeness (QED) is 0.796. The molecular formula is C12H21N3. The number of rotatable bonds is 4. The van der Waals surface area contributed by atoms with Gasteiger partial charge in [-0.3, -0.25) is 0 Å². The van der Waals surface area contributed by atoms with Gasteiger partial charge in [-0.2, -0.15) is 0 Å². The molecule has 1 aromatic rings. The summed E-state index contributed by atoms with van der Waals surface area (Å²) in [7, 11) is 0. The summed E-state index contributed by atoms with van der Waals surface area (Å²) in [5.41, 5.74) is 1.32. The maximum atomic E-state index is 4.29. The number of aromatic nitrogens is 1. The minimum absolute atomic E-state index is 0.0593. The highest BCUT2D eigenvalue weighted by Crippen LogP contribution is 2.12. The van der Waals surface area contributed by atoms with E-state index < -0.39 is 0 Å². The van der Waals surface area contributed by atoms with Crippen LogP contribution >= 0.6 is 0 Å². The van der Waals surface area contributed by atoms with Gasteiger partial charge in [0.05, 0.1) is 0 Å². The monoisotopic (exact) mass is 207 g/mol. The molecule has 1 rings (SSSR count). The summed E-state index contributed by atoms with van der Waals surface area (Å²) in [6.07, 6.45) is 1.85. The van der Waals surface area contributed by atoms with Crippen molar-refractivity contribution in [3.05, 3.63) is 23.9 Å². The summed E-state index contributed by atoms with van der Waals surface area (Å²) in [5, 5.41) is 6.66. The molecule has 1 heterocycles. The van der Waals surface area contributed by atoms with Crippen LogP contribution in [-0.2, 0) is 6.54 Å². The number of pyridine rings is 1. The Kier molecular flexibility index (Phi) is 4.09. The summed E-state index contributed by atoms with van der Waals surface area (Å²) in [6.45, 7) is 10.4. The Morgan fingerprint density at radius 1 is 1.33 bits per heavy atom. The number of anilines is 1. The van der Waals surface area contributed by atoms with Gasteiger partial charge in [0.25, 0.3) is 0 Å². The van der Waals surface area contributed by atoms with Gasteiger partial charge in [0, 0.05) is 18.3 Å². The Bertz CT molecular complexity index is 302. The van der Waals surface area contributed by atoms with E-state index in [-0.39, 0.29) is 5.54 Å². The van der Waals surface area contributed by atoms with E-state index in [2.05, 4.69) is 49.4 Å². The van der Waals surface area contributed by atoms with Crippen LogP contribution < -0.4 is 10.6 Å². The van der Waals surface area contributed by atoms with Crippen molar-refractivity contribution in [2.75, 3.05) is 11.9 Å². The molecule has 0 amide bonds. The summed E-state index contributed by atoms with van der Waals surface area (Å²) in [4.78, 5) is 4.29. The van der Waals surface area contributed by atoms with Crippen molar-refractivity contribution in [2.45, 2.75) is 39.8 Å². The first-order valence-electron chi connectivity index (χ1n) is 5.45. The van der Waals surface area contributed by atoms with E-state index in [1.54, 1.807) is 0 Å². The average Bonchev–Trinajstić information content (AvgIpc) is 2.12. The Morgan fingerprint density at radius 2 is 2.07 bits per heavy atom. The van der Waals surface area contributed by atoms with E-state index in [9.17, 15) is 0 Å². The summed E-state index contributed by atoms with van der Waals surface area (Å²) >= 11 is 0. The lowest BCUT2D eigenvalue weighted by molar-refractivity contribution is 0.630. The first-order chi connectivity index (χ1) is 7.01. The van der Waals surface area contributed by atoms with Crippen LogP contribution in [0.5, 0.6) is 0 Å². The lowest BCUT2D eigenvalue weighted by Crippen LogP contribution is -2.26. The highest BCUT2D eigenvalue weighted by molar-refractivity contribution is 5.39. The maximum Gasteiger partial charge on any atom is 0.126 e. The fourth-order valence-electron chi connectivity index (χ4n) is 1.31. The Balaban J connectivity index is 2.66. The van der Waals surface area contributed by atoms with E-state index in [1.165, 1.54) is 5.56 Å². The smallest absolute Gasteiger partial charge is 0.126 e. The predicted octanol–water partition coefficient (Wildman–Crippen LogP) is 2.40. The summed E-state index contributed by atoms with van der Waals surface area (Å²) in [5.74, 6) is 0.943. The van der Waals surface area contributed by atoms with Crippen LogP contribution in [0.2, 0.25) is 0 Å². The highest BCUT2D eigenvalue weighted by Gasteiger charge is 2.09. The van der Waals surface area contributed by atoms with Gasteiger partial charge in [0.1, 0.15) is 5.82 Å². The molecule has 0 aliphatic rings. The lowest BCUT2D eigenvalue weighted by Gasteiger charge is -2.21. The molecule has 15 heavy (non-hydrogen) atoms. The van der Waals surface area contributed by atoms with Gasteiger partial charge < -0.3 is 10.6 Å². The van der Waals surface area contributed by atoms with Gasteiger partial charge in [-0.15, -0.1) is 0 Å². The van der Waals surface area contributed by atoms with Crippen LogP contribution in [0.25, 0.3) is 0 Å². The molecule has 84 valence electrons. The normalized spacial score (nSPS) is 11.5. The van der Waals surface area contributed by atoms with E-state index >= 15 is 0 Å². The van der Waals surface area contributed by atoms with E-state index in [0.717, 1.165) is 18.9 Å². The van der Waals surface area contributed by atoms with Gasteiger partial charge in [0.15, 0.2) is 0 Å². The largest absolute Gasteiger partial charge is 0.365 e. The maximum absolute atomic E-state index is 4.29. The molecule has 1 aromatic heterocycles. The van der Waals surface area contributed by atoms with Crippen LogP contribution in [-0.4, -0.2) is 17.1 Å². The van der Waals surface area contributed by atoms with Gasteiger partial charge >= 0.3 is 0 Å². The van der Waals surface area contributed by atoms with Crippen LogP contribution in [0, 0.1) is 0 Å². The van der Waals surface area contributed by atoms with Crippen molar-refractivity contribution in [3.8, 4) is 0 Å². The van der Waals surface area contributed by atoms with Crippen LogP contribution in [0.3, 0.4) is 0 Å². The molecule has 3 heteroatoms. The van der Waals surface area contributed by atoms with Crippen molar-refractivity contribution < 1.29 is 0 Å². The van der Waals surface area contributed by atoms with Crippen molar-refractivity contribution >= 4 is 5.82 Å². The lowest BCUT2D eigenvalue weighted by atomic mass is 10.1. The minimum Gasteiger partial charge on any atom is -0.365 e. The third kappa shape index (κ3) is 4.79. The predicted molar refractivity (Wildman–Crippen MR) is 65.0 cm³/mol. The standard InChI is InChI=1S/C12H21N3/c1-5-13-9-10-6-7-14-11(8-10)15-12(2,3)4/h6-8,13H,5,9H2,1-4H3,(H,14,15). The van der Waals surface area contributed by atoms with Gasteiger partial charge in [-0.1, -0.05) is 6.92 Å². The molecule has 0 unspecified atom stereocenters. The number of nitrogens with one attached hydrogen (secondary N) is 2. The van der Waals surface area contributed by atoms with E-state index in [1.807, 2.05) is 12.3 Å². The molecule has 0 spiro atoms. The van der Waals surface area contributed by atoms with Gasteiger partial charge in [0.2, 0.25) is 0 Å². The molecule has 0 bridgehead atoms. The Hall–Kier alpha value is -1.09. The molecule has 3 nitrogen and oxygen atoms in total. The third-order valence-corrected chi connectivity index (χ3v) is 1.91. The average molecular weight is 207 g/mol. The molecule has 0 radical (unpaired) electrons. The number of nitrogens with zero attached hydrogens (tertiary/aromatic N) is 1. The second kappa shape index (κ2) is 5.12.